The lowest BCUT2D eigenvalue weighted by Crippen LogP contribution is -2.25. The maximum atomic E-state index is 11.6. The molecule has 0 atom stereocenters. The highest BCUT2D eigenvalue weighted by Crippen LogP contribution is 2.08. The van der Waals surface area contributed by atoms with Crippen LogP contribution in [0.4, 0.5) is 0 Å². The van der Waals surface area contributed by atoms with E-state index in [1.807, 2.05) is 0 Å². The molecule has 8 heteroatoms. The van der Waals surface area contributed by atoms with Gasteiger partial charge in [0.2, 0.25) is 0 Å². The number of thiazole rings is 1. The van der Waals surface area contributed by atoms with Gasteiger partial charge in [-0.15, -0.1) is 23.7 Å². The summed E-state index contributed by atoms with van der Waals surface area (Å²) in [5, 5.41) is 5.09. The van der Waals surface area contributed by atoms with Crippen LogP contribution in [0.3, 0.4) is 0 Å². The first-order valence-electron chi connectivity index (χ1n) is 5.75. The standard InChI is InChI=1S/C11H17N3O3S.ClH/c1-2-17-10(15)4-3-5-13-11(16)8-7-18-9(6-12)14-8;/h7H,2-6,12H2,1H3,(H,13,16);1H. The number of halogens is 1. The van der Waals surface area contributed by atoms with Crippen molar-refractivity contribution in [2.75, 3.05) is 13.2 Å². The molecule has 0 bridgehead atoms. The fraction of sp³-hybridized carbons (Fsp3) is 0.545. The summed E-state index contributed by atoms with van der Waals surface area (Å²) < 4.78 is 4.78. The van der Waals surface area contributed by atoms with Crippen molar-refractivity contribution in [3.05, 3.63) is 16.1 Å². The van der Waals surface area contributed by atoms with Crippen molar-refractivity contribution in [2.24, 2.45) is 5.73 Å². The molecule has 0 saturated carbocycles. The summed E-state index contributed by atoms with van der Waals surface area (Å²) in [5.41, 5.74) is 5.78. The lowest BCUT2D eigenvalue weighted by Gasteiger charge is -2.03. The van der Waals surface area contributed by atoms with Crippen molar-refractivity contribution in [1.82, 2.24) is 10.3 Å². The van der Waals surface area contributed by atoms with E-state index in [0.717, 1.165) is 5.01 Å². The van der Waals surface area contributed by atoms with E-state index in [0.29, 0.717) is 38.2 Å². The largest absolute Gasteiger partial charge is 0.466 e. The molecule has 1 aromatic heterocycles. The summed E-state index contributed by atoms with van der Waals surface area (Å²) in [6, 6.07) is 0. The van der Waals surface area contributed by atoms with Crippen molar-refractivity contribution in [1.29, 1.82) is 0 Å². The van der Waals surface area contributed by atoms with Crippen molar-refractivity contribution in [2.45, 2.75) is 26.3 Å². The van der Waals surface area contributed by atoms with E-state index in [9.17, 15) is 9.59 Å². The Labute approximate surface area is 122 Å². The first-order valence-corrected chi connectivity index (χ1v) is 6.63. The highest BCUT2D eigenvalue weighted by atomic mass is 35.5. The molecule has 1 rings (SSSR count). The van der Waals surface area contributed by atoms with E-state index in [4.69, 9.17) is 10.5 Å². The Morgan fingerprint density at radius 1 is 1.53 bits per heavy atom. The highest BCUT2D eigenvalue weighted by Gasteiger charge is 2.09. The van der Waals surface area contributed by atoms with E-state index in [-0.39, 0.29) is 24.3 Å². The van der Waals surface area contributed by atoms with Gasteiger partial charge in [-0.3, -0.25) is 9.59 Å². The van der Waals surface area contributed by atoms with Crippen LogP contribution in [0.5, 0.6) is 0 Å². The summed E-state index contributed by atoms with van der Waals surface area (Å²) in [4.78, 5) is 26.7. The van der Waals surface area contributed by atoms with Gasteiger partial charge in [0.05, 0.1) is 6.61 Å². The van der Waals surface area contributed by atoms with E-state index in [1.54, 1.807) is 12.3 Å². The topological polar surface area (TPSA) is 94.3 Å². The molecular formula is C11H18ClN3O3S. The summed E-state index contributed by atoms with van der Waals surface area (Å²) in [6.07, 6.45) is 0.859. The van der Waals surface area contributed by atoms with Crippen LogP contribution in [0.15, 0.2) is 5.38 Å². The third kappa shape index (κ3) is 6.51. The first kappa shape index (κ1) is 17.8. The Bertz CT molecular complexity index is 412. The number of esters is 1. The van der Waals surface area contributed by atoms with Crippen LogP contribution < -0.4 is 11.1 Å². The van der Waals surface area contributed by atoms with Crippen LogP contribution in [0.25, 0.3) is 0 Å². The second-order valence-corrected chi connectivity index (χ2v) is 4.44. The van der Waals surface area contributed by atoms with Gasteiger partial charge in [-0.25, -0.2) is 4.98 Å². The molecular weight excluding hydrogens is 290 g/mol. The van der Waals surface area contributed by atoms with Crippen molar-refractivity contribution in [3.8, 4) is 0 Å². The van der Waals surface area contributed by atoms with Crippen molar-refractivity contribution < 1.29 is 14.3 Å². The molecule has 0 aromatic carbocycles. The van der Waals surface area contributed by atoms with Crippen LogP contribution in [0.2, 0.25) is 0 Å². The Kier molecular flexibility index (Phi) is 9.11. The molecule has 0 radical (unpaired) electrons. The van der Waals surface area contributed by atoms with Gasteiger partial charge >= 0.3 is 5.97 Å². The summed E-state index contributed by atoms with van der Waals surface area (Å²) in [7, 11) is 0. The zero-order chi connectivity index (χ0) is 13.4. The molecule has 0 fully saturated rings. The van der Waals surface area contributed by atoms with Crippen LogP contribution in [0, 0.1) is 0 Å². The van der Waals surface area contributed by atoms with Gasteiger partial charge in [0, 0.05) is 24.9 Å². The summed E-state index contributed by atoms with van der Waals surface area (Å²) in [6.45, 7) is 2.90. The average molecular weight is 308 g/mol. The minimum Gasteiger partial charge on any atom is -0.466 e. The number of hydrogen-bond donors (Lipinski definition) is 2. The van der Waals surface area contributed by atoms with Crippen LogP contribution in [-0.4, -0.2) is 30.0 Å². The highest BCUT2D eigenvalue weighted by molar-refractivity contribution is 7.09. The second kappa shape index (κ2) is 9.71. The molecule has 3 N–H and O–H groups in total. The number of carbonyl (C=O) groups excluding carboxylic acids is 2. The zero-order valence-corrected chi connectivity index (χ0v) is 12.3. The van der Waals surface area contributed by atoms with Gasteiger partial charge in [0.1, 0.15) is 10.7 Å². The Balaban J connectivity index is 0.00000324. The van der Waals surface area contributed by atoms with Crippen molar-refractivity contribution in [3.63, 3.8) is 0 Å². The van der Waals surface area contributed by atoms with Crippen LogP contribution in [0.1, 0.15) is 35.3 Å². The predicted octanol–water partition coefficient (Wildman–Crippen LogP) is 1.10. The zero-order valence-electron chi connectivity index (χ0n) is 10.7. The summed E-state index contributed by atoms with van der Waals surface area (Å²) in [5.74, 6) is -0.486. The number of hydrogen-bond acceptors (Lipinski definition) is 6. The molecule has 0 aliphatic carbocycles. The number of nitrogens with two attached hydrogens (primary N) is 1. The van der Waals surface area contributed by atoms with Crippen LogP contribution >= 0.6 is 23.7 Å². The Morgan fingerprint density at radius 2 is 2.26 bits per heavy atom. The SMILES string of the molecule is CCOC(=O)CCCNC(=O)c1csc(CN)n1.Cl. The van der Waals surface area contributed by atoms with Crippen LogP contribution in [-0.2, 0) is 16.1 Å². The monoisotopic (exact) mass is 307 g/mol. The molecule has 1 aromatic rings. The van der Waals surface area contributed by atoms with Gasteiger partial charge in [0.25, 0.3) is 5.91 Å². The van der Waals surface area contributed by atoms with E-state index in [2.05, 4.69) is 10.3 Å². The molecule has 1 amide bonds. The van der Waals surface area contributed by atoms with Gasteiger partial charge in [-0.2, -0.15) is 0 Å². The molecule has 6 nitrogen and oxygen atoms in total. The second-order valence-electron chi connectivity index (χ2n) is 3.50. The predicted molar refractivity (Wildman–Crippen MR) is 75.5 cm³/mol. The van der Waals surface area contributed by atoms with E-state index < -0.39 is 0 Å². The van der Waals surface area contributed by atoms with Crippen molar-refractivity contribution >= 4 is 35.6 Å². The molecule has 0 saturated heterocycles. The molecule has 1 heterocycles. The lowest BCUT2D eigenvalue weighted by molar-refractivity contribution is -0.143. The minimum atomic E-state index is -0.245. The fourth-order valence-corrected chi connectivity index (χ4v) is 1.92. The Hall–Kier alpha value is -1.18. The number of aromatic nitrogens is 1. The van der Waals surface area contributed by atoms with Gasteiger partial charge in [-0.1, -0.05) is 0 Å². The molecule has 108 valence electrons. The quantitative estimate of drug-likeness (QED) is 0.581. The normalized spacial score (nSPS) is 9.58. The summed E-state index contributed by atoms with van der Waals surface area (Å²) >= 11 is 1.36. The number of nitrogens with one attached hydrogen (secondary N) is 1. The molecule has 19 heavy (non-hydrogen) atoms. The van der Waals surface area contributed by atoms with E-state index in [1.165, 1.54) is 11.3 Å². The average Bonchev–Trinajstić information content (AvgIpc) is 2.83. The Morgan fingerprint density at radius 3 is 2.84 bits per heavy atom. The molecule has 0 aliphatic heterocycles. The number of ether oxygens (including phenoxy) is 1. The fourth-order valence-electron chi connectivity index (χ4n) is 1.27. The number of amides is 1. The smallest absolute Gasteiger partial charge is 0.305 e. The maximum Gasteiger partial charge on any atom is 0.305 e. The van der Waals surface area contributed by atoms with E-state index >= 15 is 0 Å². The van der Waals surface area contributed by atoms with Gasteiger partial charge in [-0.05, 0) is 13.3 Å². The lowest BCUT2D eigenvalue weighted by atomic mass is 10.3. The third-order valence-corrected chi connectivity index (χ3v) is 2.98. The van der Waals surface area contributed by atoms with Gasteiger partial charge in [0.15, 0.2) is 0 Å². The minimum absolute atomic E-state index is 0. The number of rotatable bonds is 7. The molecule has 0 spiro atoms. The first-order chi connectivity index (χ1) is 8.67. The molecule has 0 aliphatic rings. The van der Waals surface area contributed by atoms with Gasteiger partial charge < -0.3 is 15.8 Å². The number of carbonyl (C=O) groups is 2. The third-order valence-electron chi connectivity index (χ3n) is 2.11. The maximum absolute atomic E-state index is 11.6. The number of nitrogens with zero attached hydrogens (tertiary/aromatic N) is 1. The molecule has 0 unspecified atom stereocenters.